The van der Waals surface area contributed by atoms with Gasteiger partial charge in [-0.25, -0.2) is 4.79 Å². The van der Waals surface area contributed by atoms with Crippen LogP contribution >= 0.6 is 23.2 Å². The zero-order valence-corrected chi connectivity index (χ0v) is 10.4. The lowest BCUT2D eigenvalue weighted by atomic mass is 10.1. The van der Waals surface area contributed by atoms with E-state index in [1.807, 2.05) is 0 Å². The fraction of sp³-hybridized carbons (Fsp3) is 0.364. The van der Waals surface area contributed by atoms with Gasteiger partial charge in [-0.15, -0.1) is 0 Å². The number of carbonyl (C=O) groups is 1. The molecule has 3 nitrogen and oxygen atoms in total. The van der Waals surface area contributed by atoms with E-state index < -0.39 is 12.1 Å². The third kappa shape index (κ3) is 3.03. The first-order valence-electron chi connectivity index (χ1n) is 4.77. The first kappa shape index (κ1) is 13.1. The number of ether oxygens (including phenoxy) is 1. The molecule has 0 unspecified atom stereocenters. The van der Waals surface area contributed by atoms with Crippen LogP contribution in [0.25, 0.3) is 0 Å². The standard InChI is InChI=1S/C11H12Cl2O3/c1-6(2)10(11(14)15)16-8-5-3-4-7(12)9(8)13/h3-6,10H,1-2H3,(H,14,15)/t10-/m1/s1. The van der Waals surface area contributed by atoms with E-state index in [-0.39, 0.29) is 16.7 Å². The van der Waals surface area contributed by atoms with Crippen molar-refractivity contribution in [3.8, 4) is 5.75 Å². The molecule has 0 spiro atoms. The second-order valence-electron chi connectivity index (χ2n) is 3.67. The van der Waals surface area contributed by atoms with Crippen molar-refractivity contribution < 1.29 is 14.6 Å². The van der Waals surface area contributed by atoms with Crippen LogP contribution in [0, 0.1) is 5.92 Å². The molecule has 1 N–H and O–H groups in total. The number of halogens is 2. The Labute approximate surface area is 104 Å². The molecule has 0 saturated heterocycles. The molecule has 1 aromatic carbocycles. The van der Waals surface area contributed by atoms with E-state index in [0.29, 0.717) is 5.02 Å². The second kappa shape index (κ2) is 5.41. The highest BCUT2D eigenvalue weighted by molar-refractivity contribution is 6.42. The molecule has 88 valence electrons. The smallest absolute Gasteiger partial charge is 0.345 e. The molecular weight excluding hydrogens is 251 g/mol. The Morgan fingerprint density at radius 2 is 2.00 bits per heavy atom. The van der Waals surface area contributed by atoms with E-state index in [4.69, 9.17) is 33.0 Å². The summed E-state index contributed by atoms with van der Waals surface area (Å²) < 4.78 is 5.33. The van der Waals surface area contributed by atoms with Gasteiger partial charge >= 0.3 is 5.97 Å². The summed E-state index contributed by atoms with van der Waals surface area (Å²) >= 11 is 11.7. The maximum absolute atomic E-state index is 10.9. The first-order chi connectivity index (χ1) is 7.43. The summed E-state index contributed by atoms with van der Waals surface area (Å²) in [5, 5.41) is 9.54. The molecule has 0 aliphatic carbocycles. The van der Waals surface area contributed by atoms with E-state index in [2.05, 4.69) is 0 Å². The van der Waals surface area contributed by atoms with Gasteiger partial charge in [0.2, 0.25) is 0 Å². The third-order valence-corrected chi connectivity index (χ3v) is 2.82. The number of aliphatic carboxylic acids is 1. The monoisotopic (exact) mass is 262 g/mol. The highest BCUT2D eigenvalue weighted by Crippen LogP contribution is 2.32. The number of carboxylic acids is 1. The zero-order valence-electron chi connectivity index (χ0n) is 8.91. The highest BCUT2D eigenvalue weighted by Gasteiger charge is 2.24. The average Bonchev–Trinajstić information content (AvgIpc) is 2.19. The molecule has 5 heteroatoms. The van der Waals surface area contributed by atoms with Crippen LogP contribution in [0.3, 0.4) is 0 Å². The van der Waals surface area contributed by atoms with Crippen LogP contribution in [-0.4, -0.2) is 17.2 Å². The molecule has 0 fully saturated rings. The molecule has 1 atom stereocenters. The van der Waals surface area contributed by atoms with E-state index in [9.17, 15) is 4.79 Å². The molecule has 0 aromatic heterocycles. The summed E-state index contributed by atoms with van der Waals surface area (Å²) in [6, 6.07) is 4.86. The van der Waals surface area contributed by atoms with Crippen LogP contribution in [0.15, 0.2) is 18.2 Å². The normalized spacial score (nSPS) is 12.6. The van der Waals surface area contributed by atoms with Crippen LogP contribution in [0.1, 0.15) is 13.8 Å². The lowest BCUT2D eigenvalue weighted by molar-refractivity contribution is -0.147. The lowest BCUT2D eigenvalue weighted by Crippen LogP contribution is -2.32. The van der Waals surface area contributed by atoms with E-state index >= 15 is 0 Å². The molecule has 0 saturated carbocycles. The molecule has 0 radical (unpaired) electrons. The van der Waals surface area contributed by atoms with Crippen LogP contribution in [-0.2, 0) is 4.79 Å². The summed E-state index contributed by atoms with van der Waals surface area (Å²) in [6.07, 6.45) is -0.934. The number of rotatable bonds is 4. The Bertz CT molecular complexity index is 391. The number of hydrogen-bond acceptors (Lipinski definition) is 2. The van der Waals surface area contributed by atoms with Gasteiger partial charge in [0.05, 0.1) is 5.02 Å². The van der Waals surface area contributed by atoms with Crippen LogP contribution in [0.4, 0.5) is 0 Å². The lowest BCUT2D eigenvalue weighted by Gasteiger charge is -2.19. The van der Waals surface area contributed by atoms with Crippen molar-refractivity contribution in [1.82, 2.24) is 0 Å². The van der Waals surface area contributed by atoms with Gasteiger partial charge in [0.25, 0.3) is 0 Å². The highest BCUT2D eigenvalue weighted by atomic mass is 35.5. The Hall–Kier alpha value is -0.930. The number of hydrogen-bond donors (Lipinski definition) is 1. The van der Waals surface area contributed by atoms with Gasteiger partial charge in [0, 0.05) is 5.92 Å². The average molecular weight is 263 g/mol. The van der Waals surface area contributed by atoms with E-state index in [1.165, 1.54) is 0 Å². The fourth-order valence-electron chi connectivity index (χ4n) is 1.18. The minimum Gasteiger partial charge on any atom is -0.478 e. The number of benzene rings is 1. The molecule has 0 aliphatic heterocycles. The predicted octanol–water partition coefficient (Wildman–Crippen LogP) is 3.48. The van der Waals surface area contributed by atoms with Gasteiger partial charge in [0.1, 0.15) is 10.8 Å². The zero-order chi connectivity index (χ0) is 12.3. The largest absolute Gasteiger partial charge is 0.478 e. The Balaban J connectivity index is 2.94. The van der Waals surface area contributed by atoms with Crippen molar-refractivity contribution in [3.05, 3.63) is 28.2 Å². The van der Waals surface area contributed by atoms with Crippen LogP contribution < -0.4 is 4.74 Å². The van der Waals surface area contributed by atoms with E-state index in [1.54, 1.807) is 32.0 Å². The maximum Gasteiger partial charge on any atom is 0.345 e. The topological polar surface area (TPSA) is 46.5 Å². The van der Waals surface area contributed by atoms with Crippen LogP contribution in [0.5, 0.6) is 5.75 Å². The van der Waals surface area contributed by atoms with Gasteiger partial charge in [0.15, 0.2) is 6.10 Å². The van der Waals surface area contributed by atoms with Gasteiger partial charge in [-0.2, -0.15) is 0 Å². The molecule has 0 amide bonds. The maximum atomic E-state index is 10.9. The molecular formula is C11H12Cl2O3. The van der Waals surface area contributed by atoms with Gasteiger partial charge < -0.3 is 9.84 Å². The van der Waals surface area contributed by atoms with Gasteiger partial charge in [-0.05, 0) is 12.1 Å². The minimum atomic E-state index is -1.02. The third-order valence-electron chi connectivity index (χ3n) is 2.02. The summed E-state index contributed by atoms with van der Waals surface area (Å²) in [5.74, 6) is -0.895. The molecule has 0 bridgehead atoms. The summed E-state index contributed by atoms with van der Waals surface area (Å²) in [5.41, 5.74) is 0. The summed E-state index contributed by atoms with van der Waals surface area (Å²) in [7, 11) is 0. The number of carboxylic acid groups (broad SMARTS) is 1. The second-order valence-corrected chi connectivity index (χ2v) is 4.46. The van der Waals surface area contributed by atoms with Crippen molar-refractivity contribution in [2.24, 2.45) is 5.92 Å². The summed E-state index contributed by atoms with van der Waals surface area (Å²) in [4.78, 5) is 10.9. The van der Waals surface area contributed by atoms with Crippen molar-refractivity contribution in [2.45, 2.75) is 20.0 Å². The molecule has 1 rings (SSSR count). The minimum absolute atomic E-state index is 0.160. The van der Waals surface area contributed by atoms with Crippen LogP contribution in [0.2, 0.25) is 10.0 Å². The fourth-order valence-corrected chi connectivity index (χ4v) is 1.52. The van der Waals surface area contributed by atoms with Crippen molar-refractivity contribution in [1.29, 1.82) is 0 Å². The van der Waals surface area contributed by atoms with Crippen molar-refractivity contribution >= 4 is 29.2 Å². The first-order valence-corrected chi connectivity index (χ1v) is 5.52. The quantitative estimate of drug-likeness (QED) is 0.904. The van der Waals surface area contributed by atoms with E-state index in [0.717, 1.165) is 0 Å². The molecule has 0 heterocycles. The Morgan fingerprint density at radius 1 is 1.38 bits per heavy atom. The molecule has 0 aliphatic rings. The van der Waals surface area contributed by atoms with Gasteiger partial charge in [-0.1, -0.05) is 43.1 Å². The summed E-state index contributed by atoms with van der Waals surface area (Å²) in [6.45, 7) is 3.52. The molecule has 16 heavy (non-hydrogen) atoms. The van der Waals surface area contributed by atoms with Crippen molar-refractivity contribution in [2.75, 3.05) is 0 Å². The Kier molecular flexibility index (Phi) is 4.44. The Morgan fingerprint density at radius 3 is 2.50 bits per heavy atom. The molecule has 1 aromatic rings. The predicted molar refractivity (Wildman–Crippen MR) is 63.4 cm³/mol. The SMILES string of the molecule is CC(C)[C@@H](Oc1cccc(Cl)c1Cl)C(=O)O. The van der Waals surface area contributed by atoms with Gasteiger partial charge in [-0.3, -0.25) is 0 Å². The van der Waals surface area contributed by atoms with Crippen molar-refractivity contribution in [3.63, 3.8) is 0 Å².